The Bertz CT molecular complexity index is 842. The molecule has 0 radical (unpaired) electrons. The molecule has 0 spiro atoms. The van der Waals surface area contributed by atoms with E-state index >= 15 is 0 Å². The van der Waals surface area contributed by atoms with Crippen LogP contribution in [0.3, 0.4) is 0 Å². The first-order valence-electron chi connectivity index (χ1n) is 5.12. The number of carbonyl (C=O) groups excluding carboxylic acids is 1. The van der Waals surface area contributed by atoms with Crippen LogP contribution < -0.4 is 5.63 Å². The van der Waals surface area contributed by atoms with Crippen LogP contribution in [0.4, 0.5) is 0 Å². The van der Waals surface area contributed by atoms with Gasteiger partial charge in [0, 0.05) is 12.1 Å². The molecule has 19 heavy (non-hydrogen) atoms. The topological polar surface area (TPSA) is 128 Å². The van der Waals surface area contributed by atoms with Crippen molar-refractivity contribution < 1.29 is 29.6 Å². The van der Waals surface area contributed by atoms with Crippen molar-refractivity contribution in [3.63, 3.8) is 0 Å². The molecule has 0 bridgehead atoms. The molecule has 1 aromatic carbocycles. The summed E-state index contributed by atoms with van der Waals surface area (Å²) in [6, 6.07) is 0.882. The van der Waals surface area contributed by atoms with Crippen molar-refractivity contribution in [1.82, 2.24) is 0 Å². The fourth-order valence-electron chi connectivity index (χ4n) is 2.06. The molecule has 96 valence electrons. The molecule has 0 amide bonds. The Morgan fingerprint density at radius 1 is 0.947 bits per heavy atom. The maximum absolute atomic E-state index is 11.6. The maximum atomic E-state index is 11.6. The van der Waals surface area contributed by atoms with E-state index < -0.39 is 40.0 Å². The summed E-state index contributed by atoms with van der Waals surface area (Å²) in [5, 5.41) is 38.5. The zero-order valence-electron chi connectivity index (χ0n) is 9.17. The lowest BCUT2D eigenvalue weighted by molar-refractivity contribution is 0.104. The van der Waals surface area contributed by atoms with Gasteiger partial charge in [-0.1, -0.05) is 0 Å². The molecule has 0 unspecified atom stereocenters. The average molecular weight is 262 g/mol. The minimum atomic E-state index is -1.12. The second kappa shape index (κ2) is 3.29. The van der Waals surface area contributed by atoms with Crippen molar-refractivity contribution in [3.8, 4) is 17.2 Å². The van der Waals surface area contributed by atoms with E-state index in [-0.39, 0.29) is 16.5 Å². The van der Waals surface area contributed by atoms with E-state index in [0.29, 0.717) is 0 Å². The van der Waals surface area contributed by atoms with Crippen LogP contribution in [-0.4, -0.2) is 26.2 Å². The van der Waals surface area contributed by atoms with Gasteiger partial charge < -0.3 is 24.8 Å². The maximum Gasteiger partial charge on any atom is 0.378 e. The molecule has 1 aliphatic rings. The highest BCUT2D eigenvalue weighted by atomic mass is 16.4. The number of aliphatic hydroxyl groups is 1. The van der Waals surface area contributed by atoms with Gasteiger partial charge in [0.1, 0.15) is 11.5 Å². The number of phenols is 2. The fourth-order valence-corrected chi connectivity index (χ4v) is 2.06. The summed E-state index contributed by atoms with van der Waals surface area (Å²) in [6.07, 6.45) is 0.820. The summed E-state index contributed by atoms with van der Waals surface area (Å²) in [6.45, 7) is 0. The van der Waals surface area contributed by atoms with Crippen LogP contribution >= 0.6 is 0 Å². The minimum absolute atomic E-state index is 0.192. The van der Waals surface area contributed by atoms with Crippen LogP contribution in [0.5, 0.6) is 17.2 Å². The molecule has 2 aromatic rings. The number of benzene rings is 1. The highest BCUT2D eigenvalue weighted by molar-refractivity contribution is 6.21. The van der Waals surface area contributed by atoms with E-state index in [1.165, 1.54) is 0 Å². The van der Waals surface area contributed by atoms with E-state index in [1.54, 1.807) is 0 Å². The SMILES string of the molecule is O=C1C=C(O)c2c1c(O)c1oc(=O)c(O)cc1c2O. The predicted octanol–water partition coefficient (Wildman–Crippen LogP) is 1.00. The zero-order valence-corrected chi connectivity index (χ0v) is 9.17. The number of aliphatic hydroxyl groups excluding tert-OH is 1. The fraction of sp³-hybridized carbons (Fsp3) is 0. The quantitative estimate of drug-likeness (QED) is 0.412. The monoisotopic (exact) mass is 262 g/mol. The molecule has 1 aromatic heterocycles. The van der Waals surface area contributed by atoms with Crippen LogP contribution in [-0.2, 0) is 0 Å². The van der Waals surface area contributed by atoms with Gasteiger partial charge in [0.15, 0.2) is 17.1 Å². The van der Waals surface area contributed by atoms with Gasteiger partial charge in [-0.15, -0.1) is 0 Å². The van der Waals surface area contributed by atoms with E-state index in [1.807, 2.05) is 0 Å². The highest BCUT2D eigenvalue weighted by Crippen LogP contribution is 2.45. The highest BCUT2D eigenvalue weighted by Gasteiger charge is 2.32. The van der Waals surface area contributed by atoms with Crippen molar-refractivity contribution in [3.05, 3.63) is 33.7 Å². The normalized spacial score (nSPS) is 13.7. The van der Waals surface area contributed by atoms with Crippen molar-refractivity contribution in [2.75, 3.05) is 0 Å². The average Bonchev–Trinajstić information content (AvgIpc) is 2.64. The molecule has 0 aliphatic heterocycles. The Kier molecular flexibility index (Phi) is 1.93. The van der Waals surface area contributed by atoms with Gasteiger partial charge in [0.25, 0.3) is 0 Å². The lowest BCUT2D eigenvalue weighted by atomic mass is 10.0. The van der Waals surface area contributed by atoms with Crippen LogP contribution in [0.25, 0.3) is 16.7 Å². The number of aromatic hydroxyl groups is 3. The number of hydrogen-bond acceptors (Lipinski definition) is 7. The molecule has 0 atom stereocenters. The standard InChI is InChI=1S/C12H6O7/c13-4-2-5(14)8-7(4)9(16)3-1-6(15)12(18)19-11(3)10(8)17/h1-2,13,15-17H. The van der Waals surface area contributed by atoms with Crippen LogP contribution in [0.2, 0.25) is 0 Å². The molecule has 1 heterocycles. The summed E-state index contributed by atoms with van der Waals surface area (Å²) < 4.78 is 4.64. The molecule has 0 fully saturated rings. The number of rotatable bonds is 0. The number of carbonyl (C=O) groups is 1. The van der Waals surface area contributed by atoms with Gasteiger partial charge in [-0.3, -0.25) is 4.79 Å². The van der Waals surface area contributed by atoms with E-state index in [2.05, 4.69) is 4.42 Å². The Morgan fingerprint density at radius 2 is 1.63 bits per heavy atom. The van der Waals surface area contributed by atoms with Crippen molar-refractivity contribution >= 4 is 22.5 Å². The summed E-state index contributed by atoms with van der Waals surface area (Å²) in [5.41, 5.74) is -2.17. The summed E-state index contributed by atoms with van der Waals surface area (Å²) in [5.74, 6) is -3.25. The van der Waals surface area contributed by atoms with Crippen LogP contribution in [0.15, 0.2) is 21.4 Å². The van der Waals surface area contributed by atoms with E-state index in [0.717, 1.165) is 12.1 Å². The Morgan fingerprint density at radius 3 is 2.32 bits per heavy atom. The third-order valence-corrected chi connectivity index (χ3v) is 2.89. The Labute approximate surface area is 104 Å². The Balaban J connectivity index is 2.59. The van der Waals surface area contributed by atoms with Gasteiger partial charge in [0.2, 0.25) is 5.75 Å². The van der Waals surface area contributed by atoms with Gasteiger partial charge in [0.05, 0.1) is 16.5 Å². The molecule has 0 saturated heterocycles. The van der Waals surface area contributed by atoms with Gasteiger partial charge in [-0.2, -0.15) is 0 Å². The molecule has 1 aliphatic carbocycles. The van der Waals surface area contributed by atoms with E-state index in [9.17, 15) is 30.0 Å². The van der Waals surface area contributed by atoms with Crippen molar-refractivity contribution in [2.24, 2.45) is 0 Å². The molecule has 7 nitrogen and oxygen atoms in total. The third kappa shape index (κ3) is 1.26. The molecule has 3 rings (SSSR count). The van der Waals surface area contributed by atoms with Crippen LogP contribution in [0.1, 0.15) is 15.9 Å². The first-order valence-corrected chi connectivity index (χ1v) is 5.12. The lowest BCUT2D eigenvalue weighted by Gasteiger charge is -2.09. The second-order valence-corrected chi connectivity index (χ2v) is 4.00. The smallest absolute Gasteiger partial charge is 0.378 e. The summed E-state index contributed by atoms with van der Waals surface area (Å²) in [7, 11) is 0. The van der Waals surface area contributed by atoms with Gasteiger partial charge in [-0.25, -0.2) is 4.79 Å². The molecule has 4 N–H and O–H groups in total. The predicted molar refractivity (Wildman–Crippen MR) is 62.4 cm³/mol. The number of hydrogen-bond donors (Lipinski definition) is 4. The third-order valence-electron chi connectivity index (χ3n) is 2.89. The first-order chi connectivity index (χ1) is 8.91. The van der Waals surface area contributed by atoms with Crippen molar-refractivity contribution in [1.29, 1.82) is 0 Å². The number of ketones is 1. The second-order valence-electron chi connectivity index (χ2n) is 4.00. The lowest BCUT2D eigenvalue weighted by Crippen LogP contribution is -2.00. The largest absolute Gasteiger partial charge is 0.507 e. The molecule has 7 heteroatoms. The number of fused-ring (bicyclic) bond motifs is 2. The molecule has 0 saturated carbocycles. The van der Waals surface area contributed by atoms with Crippen molar-refractivity contribution in [2.45, 2.75) is 0 Å². The summed E-state index contributed by atoms with van der Waals surface area (Å²) >= 11 is 0. The van der Waals surface area contributed by atoms with Crippen LogP contribution in [0, 0.1) is 0 Å². The molecular formula is C12H6O7. The number of phenolic OH excluding ortho intramolecular Hbond substituents is 2. The number of allylic oxidation sites excluding steroid dienone is 1. The molecular weight excluding hydrogens is 256 g/mol. The zero-order chi connectivity index (χ0) is 13.9. The Hall–Kier alpha value is -2.96. The van der Waals surface area contributed by atoms with Gasteiger partial charge >= 0.3 is 5.63 Å². The van der Waals surface area contributed by atoms with Gasteiger partial charge in [-0.05, 0) is 0 Å². The van der Waals surface area contributed by atoms with E-state index in [4.69, 9.17) is 0 Å². The summed E-state index contributed by atoms with van der Waals surface area (Å²) in [4.78, 5) is 22.8. The minimum Gasteiger partial charge on any atom is -0.507 e. The first kappa shape index (κ1) is 11.1.